The third-order valence-corrected chi connectivity index (χ3v) is 5.89. The van der Waals surface area contributed by atoms with Crippen LogP contribution in [0.1, 0.15) is 55.2 Å². The molecular weight excluding hydrogens is 338 g/mol. The Bertz CT molecular complexity index is 909. The van der Waals surface area contributed by atoms with Gasteiger partial charge in [0.2, 0.25) is 0 Å². The van der Waals surface area contributed by atoms with Gasteiger partial charge in [-0.3, -0.25) is 9.59 Å². The van der Waals surface area contributed by atoms with E-state index in [2.05, 4.69) is 12.1 Å². The molecule has 0 aliphatic heterocycles. The normalized spacial score (nSPS) is 17.6. The minimum atomic E-state index is 0.0287. The van der Waals surface area contributed by atoms with Gasteiger partial charge in [-0.15, -0.1) is 0 Å². The van der Waals surface area contributed by atoms with Crippen LogP contribution in [0.5, 0.6) is 5.75 Å². The summed E-state index contributed by atoms with van der Waals surface area (Å²) in [6.07, 6.45) is 9.87. The first-order valence-electron chi connectivity index (χ1n) is 10.0. The SMILES string of the molecule is Cc1cc(-c2cc3c(c(OC4CCCCC4)c2)CC(=O)CC3)cn(C)c1=O. The molecule has 4 rings (SSSR count). The average Bonchev–Trinajstić information content (AvgIpc) is 2.66. The second-order valence-corrected chi connectivity index (χ2v) is 8.03. The minimum absolute atomic E-state index is 0.0287. The summed E-state index contributed by atoms with van der Waals surface area (Å²) in [7, 11) is 1.79. The number of carbonyl (C=O) groups is 1. The quantitative estimate of drug-likeness (QED) is 0.822. The monoisotopic (exact) mass is 365 g/mol. The fraction of sp³-hybridized carbons (Fsp3) is 0.478. The summed E-state index contributed by atoms with van der Waals surface area (Å²) >= 11 is 0. The highest BCUT2D eigenvalue weighted by Crippen LogP contribution is 2.36. The smallest absolute Gasteiger partial charge is 0.253 e. The number of rotatable bonds is 3. The molecule has 0 N–H and O–H groups in total. The Labute approximate surface area is 160 Å². The lowest BCUT2D eigenvalue weighted by atomic mass is 9.87. The van der Waals surface area contributed by atoms with Gasteiger partial charge in [-0.05, 0) is 67.9 Å². The molecule has 0 radical (unpaired) electrons. The molecule has 0 spiro atoms. The zero-order valence-electron chi connectivity index (χ0n) is 16.2. The Kier molecular flexibility index (Phi) is 4.90. The number of benzene rings is 1. The van der Waals surface area contributed by atoms with Gasteiger partial charge in [-0.2, -0.15) is 0 Å². The number of pyridine rings is 1. The molecular formula is C23H27NO3. The van der Waals surface area contributed by atoms with E-state index in [9.17, 15) is 9.59 Å². The molecule has 1 aromatic carbocycles. The number of ketones is 1. The summed E-state index contributed by atoms with van der Waals surface area (Å²) in [4.78, 5) is 24.1. The van der Waals surface area contributed by atoms with Gasteiger partial charge in [-0.1, -0.05) is 12.5 Å². The molecule has 2 aliphatic carbocycles. The van der Waals surface area contributed by atoms with Crippen molar-refractivity contribution in [2.75, 3.05) is 0 Å². The Hall–Kier alpha value is -2.36. The predicted octanol–water partition coefficient (Wildman–Crippen LogP) is 4.13. The number of ether oxygens (including phenoxy) is 1. The zero-order chi connectivity index (χ0) is 19.0. The first-order valence-corrected chi connectivity index (χ1v) is 10.0. The van der Waals surface area contributed by atoms with Crippen molar-refractivity contribution >= 4 is 5.78 Å². The van der Waals surface area contributed by atoms with Gasteiger partial charge in [-0.25, -0.2) is 0 Å². The van der Waals surface area contributed by atoms with Crippen LogP contribution in [-0.2, 0) is 24.7 Å². The van der Waals surface area contributed by atoms with E-state index < -0.39 is 0 Å². The summed E-state index contributed by atoms with van der Waals surface area (Å²) < 4.78 is 8.06. The third-order valence-electron chi connectivity index (χ3n) is 5.89. The van der Waals surface area contributed by atoms with E-state index >= 15 is 0 Å². The molecule has 1 fully saturated rings. The molecule has 142 valence electrons. The molecule has 2 aromatic rings. The van der Waals surface area contributed by atoms with Crippen molar-refractivity contribution < 1.29 is 9.53 Å². The van der Waals surface area contributed by atoms with Crippen LogP contribution in [-0.4, -0.2) is 16.5 Å². The van der Waals surface area contributed by atoms with Crippen molar-refractivity contribution in [3.05, 3.63) is 51.4 Å². The molecule has 2 aliphatic rings. The summed E-state index contributed by atoms with van der Waals surface area (Å²) in [5.74, 6) is 1.16. The maximum absolute atomic E-state index is 12.1. The molecule has 27 heavy (non-hydrogen) atoms. The van der Waals surface area contributed by atoms with E-state index in [-0.39, 0.29) is 11.7 Å². The fourth-order valence-electron chi connectivity index (χ4n) is 4.36. The molecule has 0 unspecified atom stereocenters. The molecule has 0 saturated heterocycles. The van der Waals surface area contributed by atoms with Crippen molar-refractivity contribution in [2.45, 2.75) is 64.4 Å². The van der Waals surface area contributed by atoms with Gasteiger partial charge < -0.3 is 9.30 Å². The van der Waals surface area contributed by atoms with E-state index in [1.165, 1.54) is 24.8 Å². The van der Waals surface area contributed by atoms with Crippen LogP contribution in [0.15, 0.2) is 29.2 Å². The van der Waals surface area contributed by atoms with E-state index in [0.717, 1.165) is 47.3 Å². The van der Waals surface area contributed by atoms with Gasteiger partial charge in [0.15, 0.2) is 0 Å². The second-order valence-electron chi connectivity index (χ2n) is 8.03. The number of aryl methyl sites for hydroxylation is 3. The van der Waals surface area contributed by atoms with Crippen molar-refractivity contribution in [3.63, 3.8) is 0 Å². The van der Waals surface area contributed by atoms with E-state index in [1.807, 2.05) is 19.2 Å². The van der Waals surface area contributed by atoms with Gasteiger partial charge >= 0.3 is 0 Å². The summed E-state index contributed by atoms with van der Waals surface area (Å²) in [6, 6.07) is 6.20. The van der Waals surface area contributed by atoms with Crippen molar-refractivity contribution in [3.8, 4) is 16.9 Å². The van der Waals surface area contributed by atoms with Crippen LogP contribution < -0.4 is 10.3 Å². The lowest BCUT2D eigenvalue weighted by molar-refractivity contribution is -0.118. The number of carbonyl (C=O) groups excluding carboxylic acids is 1. The zero-order valence-corrected chi connectivity index (χ0v) is 16.2. The number of aromatic nitrogens is 1. The lowest BCUT2D eigenvalue weighted by Gasteiger charge is -2.27. The fourth-order valence-corrected chi connectivity index (χ4v) is 4.36. The standard InChI is InChI=1S/C23H27NO3/c1-15-10-18(14-24(2)23(15)26)17-11-16-8-9-19(25)13-21(16)22(12-17)27-20-6-4-3-5-7-20/h10-12,14,20H,3-9,13H2,1-2H3. The van der Waals surface area contributed by atoms with Gasteiger partial charge in [0.25, 0.3) is 5.56 Å². The molecule has 4 nitrogen and oxygen atoms in total. The second kappa shape index (κ2) is 7.34. The average molecular weight is 365 g/mol. The summed E-state index contributed by atoms with van der Waals surface area (Å²) in [5, 5.41) is 0. The van der Waals surface area contributed by atoms with Crippen molar-refractivity contribution in [1.29, 1.82) is 0 Å². The highest BCUT2D eigenvalue weighted by Gasteiger charge is 2.24. The van der Waals surface area contributed by atoms with Gasteiger partial charge in [0, 0.05) is 37.2 Å². The number of Topliss-reactive ketones (excluding diaryl/α,β-unsaturated/α-hetero) is 1. The van der Waals surface area contributed by atoms with Crippen LogP contribution in [0, 0.1) is 6.92 Å². The number of hydrogen-bond acceptors (Lipinski definition) is 3. The largest absolute Gasteiger partial charge is 0.490 e. The first-order chi connectivity index (χ1) is 13.0. The van der Waals surface area contributed by atoms with Crippen LogP contribution >= 0.6 is 0 Å². The van der Waals surface area contributed by atoms with Crippen molar-refractivity contribution in [1.82, 2.24) is 4.57 Å². The number of hydrogen-bond donors (Lipinski definition) is 0. The Morgan fingerprint density at radius 3 is 2.52 bits per heavy atom. The van der Waals surface area contributed by atoms with Gasteiger partial charge in [0.05, 0.1) is 6.10 Å². The molecule has 0 atom stereocenters. The Morgan fingerprint density at radius 2 is 1.78 bits per heavy atom. The highest BCUT2D eigenvalue weighted by molar-refractivity contribution is 5.85. The van der Waals surface area contributed by atoms with E-state index in [0.29, 0.717) is 18.6 Å². The molecule has 4 heteroatoms. The molecule has 0 bridgehead atoms. The number of nitrogens with zero attached hydrogens (tertiary/aromatic N) is 1. The molecule has 1 heterocycles. The highest BCUT2D eigenvalue weighted by atomic mass is 16.5. The molecule has 0 amide bonds. The minimum Gasteiger partial charge on any atom is -0.490 e. The van der Waals surface area contributed by atoms with Crippen molar-refractivity contribution in [2.24, 2.45) is 7.05 Å². The predicted molar refractivity (Wildman–Crippen MR) is 106 cm³/mol. The Morgan fingerprint density at radius 1 is 1.00 bits per heavy atom. The Balaban J connectivity index is 1.78. The first kappa shape index (κ1) is 18.0. The topological polar surface area (TPSA) is 48.3 Å². The lowest BCUT2D eigenvalue weighted by Crippen LogP contribution is -2.22. The maximum Gasteiger partial charge on any atom is 0.253 e. The van der Waals surface area contributed by atoms with E-state index in [1.54, 1.807) is 11.6 Å². The van der Waals surface area contributed by atoms with Crippen LogP contribution in [0.25, 0.3) is 11.1 Å². The maximum atomic E-state index is 12.1. The molecule has 1 aromatic heterocycles. The van der Waals surface area contributed by atoms with Crippen LogP contribution in [0.4, 0.5) is 0 Å². The number of fused-ring (bicyclic) bond motifs is 1. The molecule has 1 saturated carbocycles. The third kappa shape index (κ3) is 3.71. The van der Waals surface area contributed by atoms with Crippen LogP contribution in [0.2, 0.25) is 0 Å². The summed E-state index contributed by atoms with van der Waals surface area (Å²) in [5.41, 5.74) is 5.13. The van der Waals surface area contributed by atoms with E-state index in [4.69, 9.17) is 4.74 Å². The summed E-state index contributed by atoms with van der Waals surface area (Å²) in [6.45, 7) is 1.85. The van der Waals surface area contributed by atoms with Crippen LogP contribution in [0.3, 0.4) is 0 Å². The van der Waals surface area contributed by atoms with Gasteiger partial charge in [0.1, 0.15) is 11.5 Å².